The number of hydrogen-bond acceptors (Lipinski definition) is 4. The van der Waals surface area contributed by atoms with Gasteiger partial charge in [0.05, 0.1) is 6.67 Å². The Bertz CT molecular complexity index is 1310. The molecular weight excluding hydrogens is 558 g/mol. The van der Waals surface area contributed by atoms with Crippen LogP contribution in [0.2, 0.25) is 0 Å². The fraction of sp³-hybridized carbons (Fsp3) is 0.300. The molecule has 2 aliphatic rings. The van der Waals surface area contributed by atoms with Crippen molar-refractivity contribution in [2.75, 3.05) is 43.6 Å². The Morgan fingerprint density at radius 1 is 0.923 bits per heavy atom. The highest BCUT2D eigenvalue weighted by molar-refractivity contribution is 9.10. The Hall–Kier alpha value is -3.85. The Kier molecular flexibility index (Phi) is 7.88. The topological polar surface area (TPSA) is 76.2 Å². The van der Waals surface area contributed by atoms with Gasteiger partial charge in [-0.05, 0) is 54.8 Å². The zero-order valence-corrected chi connectivity index (χ0v) is 23.5. The van der Waals surface area contributed by atoms with E-state index in [1.54, 1.807) is 21.7 Å². The second-order valence-corrected chi connectivity index (χ2v) is 11.0. The van der Waals surface area contributed by atoms with Crippen molar-refractivity contribution in [3.05, 3.63) is 95.0 Å². The number of benzene rings is 3. The van der Waals surface area contributed by atoms with Crippen molar-refractivity contribution >= 4 is 45.2 Å². The van der Waals surface area contributed by atoms with Crippen molar-refractivity contribution in [2.24, 2.45) is 0 Å². The molecule has 2 saturated heterocycles. The molecule has 2 heterocycles. The number of hydrogen-bond donors (Lipinski definition) is 1. The molecule has 2 aliphatic heterocycles. The van der Waals surface area contributed by atoms with Gasteiger partial charge < -0.3 is 24.9 Å². The predicted molar refractivity (Wildman–Crippen MR) is 155 cm³/mol. The molecule has 3 aromatic carbocycles. The first-order valence-electron chi connectivity index (χ1n) is 13.1. The van der Waals surface area contributed by atoms with Gasteiger partial charge in [-0.2, -0.15) is 0 Å². The summed E-state index contributed by atoms with van der Waals surface area (Å²) in [6, 6.07) is 26.9. The number of amides is 4. The first kappa shape index (κ1) is 26.7. The first-order valence-corrected chi connectivity index (χ1v) is 13.9. The maximum atomic E-state index is 14.0. The van der Waals surface area contributed by atoms with Gasteiger partial charge in [-0.25, -0.2) is 4.79 Å². The van der Waals surface area contributed by atoms with Gasteiger partial charge >= 0.3 is 6.03 Å². The number of likely N-dealkylation sites (tertiary alicyclic amines) is 1. The first-order chi connectivity index (χ1) is 18.9. The summed E-state index contributed by atoms with van der Waals surface area (Å²) in [6.45, 7) is 1.71. The van der Waals surface area contributed by atoms with Crippen LogP contribution in [0, 0.1) is 0 Å². The Labute approximate surface area is 237 Å². The summed E-state index contributed by atoms with van der Waals surface area (Å²) in [6.07, 6.45) is 0.970. The molecule has 9 heteroatoms. The van der Waals surface area contributed by atoms with E-state index >= 15 is 0 Å². The van der Waals surface area contributed by atoms with E-state index in [1.165, 1.54) is 0 Å². The highest BCUT2D eigenvalue weighted by Gasteiger charge is 2.54. The summed E-state index contributed by atoms with van der Waals surface area (Å²) in [4.78, 5) is 47.3. The largest absolute Gasteiger partial charge is 0.340 e. The molecule has 0 saturated carbocycles. The van der Waals surface area contributed by atoms with E-state index < -0.39 is 5.54 Å². The average molecular weight is 591 g/mol. The third-order valence-corrected chi connectivity index (χ3v) is 8.10. The van der Waals surface area contributed by atoms with Gasteiger partial charge in [0.1, 0.15) is 12.1 Å². The van der Waals surface area contributed by atoms with Crippen LogP contribution in [0.5, 0.6) is 0 Å². The molecule has 4 amide bonds. The summed E-state index contributed by atoms with van der Waals surface area (Å²) < 4.78 is 0.940. The highest BCUT2D eigenvalue weighted by Crippen LogP contribution is 2.39. The van der Waals surface area contributed by atoms with Crippen LogP contribution in [-0.4, -0.2) is 71.4 Å². The van der Waals surface area contributed by atoms with Gasteiger partial charge in [-0.15, -0.1) is 0 Å². The van der Waals surface area contributed by atoms with Crippen molar-refractivity contribution < 1.29 is 14.4 Å². The van der Waals surface area contributed by atoms with Gasteiger partial charge in [0, 0.05) is 42.5 Å². The number of halogens is 1. The Morgan fingerprint density at radius 3 is 2.18 bits per heavy atom. The van der Waals surface area contributed by atoms with Crippen molar-refractivity contribution in [1.29, 1.82) is 0 Å². The molecule has 0 aliphatic carbocycles. The minimum Gasteiger partial charge on any atom is -0.340 e. The van der Waals surface area contributed by atoms with E-state index in [0.29, 0.717) is 39.1 Å². The van der Waals surface area contributed by atoms with Gasteiger partial charge in [0.15, 0.2) is 0 Å². The van der Waals surface area contributed by atoms with Crippen LogP contribution in [-0.2, 0) is 16.1 Å². The molecule has 5 rings (SSSR count). The van der Waals surface area contributed by atoms with Crippen LogP contribution >= 0.6 is 15.9 Å². The van der Waals surface area contributed by atoms with E-state index in [2.05, 4.69) is 26.1 Å². The van der Waals surface area contributed by atoms with Crippen LogP contribution in [0.4, 0.5) is 16.2 Å². The van der Waals surface area contributed by atoms with Crippen LogP contribution in [0.25, 0.3) is 0 Å². The van der Waals surface area contributed by atoms with E-state index in [9.17, 15) is 14.4 Å². The van der Waals surface area contributed by atoms with Crippen molar-refractivity contribution in [3.8, 4) is 0 Å². The van der Waals surface area contributed by atoms with Crippen LogP contribution < -0.4 is 10.2 Å². The molecule has 39 heavy (non-hydrogen) atoms. The molecule has 0 atom stereocenters. The molecule has 202 valence electrons. The van der Waals surface area contributed by atoms with Gasteiger partial charge in [-0.1, -0.05) is 64.5 Å². The van der Waals surface area contributed by atoms with Crippen LogP contribution in [0.15, 0.2) is 89.4 Å². The Balaban J connectivity index is 1.29. The monoisotopic (exact) mass is 589 g/mol. The van der Waals surface area contributed by atoms with E-state index in [1.807, 2.05) is 84.9 Å². The lowest BCUT2D eigenvalue weighted by atomic mass is 9.85. The molecule has 3 aromatic rings. The molecule has 0 radical (unpaired) electrons. The third-order valence-electron chi connectivity index (χ3n) is 7.57. The zero-order valence-electron chi connectivity index (χ0n) is 21.9. The summed E-state index contributed by atoms with van der Waals surface area (Å²) in [5.74, 6) is -0.163. The lowest BCUT2D eigenvalue weighted by Gasteiger charge is -2.43. The summed E-state index contributed by atoms with van der Waals surface area (Å²) in [5.41, 5.74) is 1.90. The standard InChI is InChI=1S/C30H32BrN5O3/c1-33(20-23-8-4-2-5-9-23)27(37)21-35-22-36(26-10-6-3-7-11-26)30(28(35)38)16-18-34(19-17-30)29(39)32-25-14-12-24(31)13-15-25/h2-15H,16-22H2,1H3,(H,32,39). The van der Waals surface area contributed by atoms with Crippen molar-refractivity contribution in [1.82, 2.24) is 14.7 Å². The van der Waals surface area contributed by atoms with Gasteiger partial charge in [0.25, 0.3) is 5.91 Å². The van der Waals surface area contributed by atoms with E-state index in [-0.39, 0.29) is 24.4 Å². The van der Waals surface area contributed by atoms with Crippen LogP contribution in [0.3, 0.4) is 0 Å². The SMILES string of the molecule is CN(Cc1ccccc1)C(=O)CN1CN(c2ccccc2)C2(CCN(C(=O)Nc3ccc(Br)cc3)CC2)C1=O. The summed E-state index contributed by atoms with van der Waals surface area (Å²) in [5, 5.41) is 2.95. The fourth-order valence-electron chi connectivity index (χ4n) is 5.37. The van der Waals surface area contributed by atoms with Gasteiger partial charge in [0.2, 0.25) is 5.91 Å². The van der Waals surface area contributed by atoms with Crippen LogP contribution in [0.1, 0.15) is 18.4 Å². The summed E-state index contributed by atoms with van der Waals surface area (Å²) >= 11 is 3.41. The third kappa shape index (κ3) is 5.78. The number of nitrogens with one attached hydrogen (secondary N) is 1. The number of piperidine rings is 1. The fourth-order valence-corrected chi connectivity index (χ4v) is 5.63. The number of carbonyl (C=O) groups excluding carboxylic acids is 3. The van der Waals surface area contributed by atoms with Crippen molar-refractivity contribution in [3.63, 3.8) is 0 Å². The lowest BCUT2D eigenvalue weighted by molar-refractivity contribution is -0.140. The quantitative estimate of drug-likeness (QED) is 0.449. The maximum absolute atomic E-state index is 14.0. The van der Waals surface area contributed by atoms with Crippen molar-refractivity contribution in [2.45, 2.75) is 24.9 Å². The second kappa shape index (κ2) is 11.5. The molecule has 0 unspecified atom stereocenters. The smallest absolute Gasteiger partial charge is 0.321 e. The highest BCUT2D eigenvalue weighted by atomic mass is 79.9. The predicted octanol–water partition coefficient (Wildman–Crippen LogP) is 4.78. The van der Waals surface area contributed by atoms with Gasteiger partial charge in [-0.3, -0.25) is 9.59 Å². The normalized spacial score (nSPS) is 16.5. The number of urea groups is 1. The molecule has 8 nitrogen and oxygen atoms in total. The molecule has 0 bridgehead atoms. The maximum Gasteiger partial charge on any atom is 0.321 e. The minimum atomic E-state index is -0.798. The molecule has 2 fully saturated rings. The number of para-hydroxylation sites is 1. The lowest BCUT2D eigenvalue weighted by Crippen LogP contribution is -2.58. The number of carbonyl (C=O) groups is 3. The van der Waals surface area contributed by atoms with E-state index in [4.69, 9.17) is 0 Å². The molecule has 1 spiro atoms. The number of anilines is 2. The Morgan fingerprint density at radius 2 is 1.54 bits per heavy atom. The summed E-state index contributed by atoms with van der Waals surface area (Å²) in [7, 11) is 1.77. The average Bonchev–Trinajstić information content (AvgIpc) is 3.21. The molecule has 0 aromatic heterocycles. The minimum absolute atomic E-state index is 0.0149. The second-order valence-electron chi connectivity index (χ2n) is 10.1. The zero-order chi connectivity index (χ0) is 27.4. The number of likely N-dealkylation sites (N-methyl/N-ethyl adjacent to an activating group) is 1. The number of rotatable bonds is 6. The molecule has 1 N–H and O–H groups in total. The number of nitrogens with zero attached hydrogens (tertiary/aromatic N) is 4. The van der Waals surface area contributed by atoms with E-state index in [0.717, 1.165) is 21.4 Å². The molecular formula is C30H32BrN5O3.